The normalized spacial score (nSPS) is 11.1. The van der Waals surface area contributed by atoms with E-state index in [1.54, 1.807) is 24.4 Å². The molecule has 0 spiro atoms. The Morgan fingerprint density at radius 2 is 1.70 bits per heavy atom. The number of anilines is 1. The summed E-state index contributed by atoms with van der Waals surface area (Å²) in [5.74, 6) is 1.73. The highest BCUT2D eigenvalue weighted by atomic mass is 32.1. The molecule has 0 bridgehead atoms. The van der Waals surface area contributed by atoms with Crippen molar-refractivity contribution in [1.29, 1.82) is 0 Å². The van der Waals surface area contributed by atoms with Crippen LogP contribution >= 0.6 is 11.3 Å². The first-order valence-electron chi connectivity index (χ1n) is 11.9. The van der Waals surface area contributed by atoms with Crippen LogP contribution in [0, 0.1) is 6.92 Å². The Bertz CT molecular complexity index is 1550. The molecule has 0 saturated carbocycles. The molecule has 0 N–H and O–H groups in total. The molecule has 0 fully saturated rings. The van der Waals surface area contributed by atoms with Crippen LogP contribution in [0.25, 0.3) is 10.2 Å². The fourth-order valence-corrected chi connectivity index (χ4v) is 4.70. The number of aryl methyl sites for hydroxylation is 1. The number of para-hydroxylation sites is 1. The molecule has 0 aliphatic carbocycles. The first-order valence-corrected chi connectivity index (χ1v) is 12.7. The minimum Gasteiger partial charge on any atom is -0.494 e. The van der Waals surface area contributed by atoms with E-state index in [2.05, 4.69) is 11.2 Å². The second-order valence-corrected chi connectivity index (χ2v) is 9.28. The average molecular weight is 508 g/mol. The molecule has 7 heteroatoms. The summed E-state index contributed by atoms with van der Waals surface area (Å²) in [4.78, 5) is 18.5. The summed E-state index contributed by atoms with van der Waals surface area (Å²) in [5, 5.41) is 6.41. The Hall–Kier alpha value is -4.49. The number of thiazole rings is 1. The van der Waals surface area contributed by atoms with Gasteiger partial charge in [0.1, 0.15) is 17.2 Å². The second kappa shape index (κ2) is 11.1. The van der Waals surface area contributed by atoms with E-state index in [1.807, 2.05) is 86.6 Å². The van der Waals surface area contributed by atoms with E-state index >= 15 is 0 Å². The quantitative estimate of drug-likeness (QED) is 0.161. The fraction of sp³-hybridized carbons (Fsp3) is 0.100. The third kappa shape index (κ3) is 5.85. The second-order valence-electron chi connectivity index (χ2n) is 8.27. The molecule has 1 amide bonds. The molecule has 0 aliphatic rings. The molecule has 37 heavy (non-hydrogen) atoms. The number of hydrogen-bond donors (Lipinski definition) is 0. The Morgan fingerprint density at radius 3 is 2.49 bits per heavy atom. The van der Waals surface area contributed by atoms with Gasteiger partial charge in [0, 0.05) is 5.56 Å². The van der Waals surface area contributed by atoms with Crippen molar-refractivity contribution in [2.45, 2.75) is 13.8 Å². The van der Waals surface area contributed by atoms with Crippen LogP contribution in [0.15, 0.2) is 102 Å². The van der Waals surface area contributed by atoms with Crippen molar-refractivity contribution in [1.82, 2.24) is 4.98 Å². The van der Waals surface area contributed by atoms with Crippen molar-refractivity contribution in [3.8, 4) is 17.2 Å². The molecular weight excluding hydrogens is 482 g/mol. The van der Waals surface area contributed by atoms with Gasteiger partial charge in [-0.15, -0.1) is 0 Å². The van der Waals surface area contributed by atoms with Crippen LogP contribution in [0.3, 0.4) is 0 Å². The number of rotatable bonds is 8. The molecule has 6 nitrogen and oxygen atoms in total. The first-order chi connectivity index (χ1) is 18.1. The number of nitrogens with zero attached hydrogens (tertiary/aromatic N) is 3. The molecular formula is C30H25N3O3S. The lowest BCUT2D eigenvalue weighted by Crippen LogP contribution is -2.25. The van der Waals surface area contributed by atoms with Crippen LogP contribution in [0.4, 0.5) is 5.13 Å². The van der Waals surface area contributed by atoms with Crippen molar-refractivity contribution in [3.63, 3.8) is 0 Å². The Morgan fingerprint density at radius 1 is 0.919 bits per heavy atom. The number of amides is 1. The van der Waals surface area contributed by atoms with Crippen LogP contribution in [-0.2, 0) is 0 Å². The highest BCUT2D eigenvalue weighted by molar-refractivity contribution is 7.22. The molecule has 5 rings (SSSR count). The molecule has 1 heterocycles. The van der Waals surface area contributed by atoms with E-state index in [0.29, 0.717) is 28.8 Å². The van der Waals surface area contributed by atoms with E-state index in [-0.39, 0.29) is 5.91 Å². The SMILES string of the molecule is CCOc1ccc(/C=N/N(C(=O)c2cccc(Oc3ccccc3)c2)c2nc3ccc(C)cc3s2)cc1. The monoisotopic (exact) mass is 507 g/mol. The van der Waals surface area contributed by atoms with E-state index < -0.39 is 0 Å². The molecule has 0 radical (unpaired) electrons. The third-order valence-corrected chi connectivity index (χ3v) is 6.47. The molecule has 4 aromatic carbocycles. The highest BCUT2D eigenvalue weighted by Gasteiger charge is 2.21. The highest BCUT2D eigenvalue weighted by Crippen LogP contribution is 2.31. The predicted octanol–water partition coefficient (Wildman–Crippen LogP) is 7.48. The summed E-state index contributed by atoms with van der Waals surface area (Å²) < 4.78 is 12.5. The van der Waals surface area contributed by atoms with Crippen LogP contribution in [-0.4, -0.2) is 23.7 Å². The van der Waals surface area contributed by atoms with Gasteiger partial charge < -0.3 is 9.47 Å². The number of aromatic nitrogens is 1. The van der Waals surface area contributed by atoms with Gasteiger partial charge >= 0.3 is 0 Å². The van der Waals surface area contributed by atoms with Gasteiger partial charge in [0.05, 0.1) is 23.0 Å². The minimum atomic E-state index is -0.309. The zero-order valence-corrected chi connectivity index (χ0v) is 21.3. The van der Waals surface area contributed by atoms with Crippen LogP contribution < -0.4 is 14.5 Å². The number of carbonyl (C=O) groups excluding carboxylic acids is 1. The summed E-state index contributed by atoms with van der Waals surface area (Å²) in [6, 6.07) is 30.1. The average Bonchev–Trinajstić information content (AvgIpc) is 3.33. The van der Waals surface area contributed by atoms with Crippen molar-refractivity contribution in [2.24, 2.45) is 5.10 Å². The topological polar surface area (TPSA) is 64.0 Å². The van der Waals surface area contributed by atoms with Crippen LogP contribution in [0.1, 0.15) is 28.4 Å². The van der Waals surface area contributed by atoms with Crippen LogP contribution in [0.5, 0.6) is 17.2 Å². The van der Waals surface area contributed by atoms with Gasteiger partial charge in [0.2, 0.25) is 5.13 Å². The number of carbonyl (C=O) groups is 1. The van der Waals surface area contributed by atoms with Gasteiger partial charge in [-0.1, -0.05) is 41.7 Å². The minimum absolute atomic E-state index is 0.309. The van der Waals surface area contributed by atoms with Gasteiger partial charge in [-0.3, -0.25) is 4.79 Å². The number of hydrazone groups is 1. The van der Waals surface area contributed by atoms with E-state index in [0.717, 1.165) is 27.1 Å². The van der Waals surface area contributed by atoms with E-state index in [1.165, 1.54) is 16.3 Å². The lowest BCUT2D eigenvalue weighted by Gasteiger charge is -2.15. The van der Waals surface area contributed by atoms with E-state index in [9.17, 15) is 4.79 Å². The molecule has 0 saturated heterocycles. The molecule has 0 unspecified atom stereocenters. The Kier molecular flexibility index (Phi) is 7.23. The lowest BCUT2D eigenvalue weighted by atomic mass is 10.2. The molecule has 0 atom stereocenters. The maximum atomic E-state index is 13.8. The van der Waals surface area contributed by atoms with Gasteiger partial charge in [0.15, 0.2) is 0 Å². The number of hydrogen-bond acceptors (Lipinski definition) is 6. The van der Waals surface area contributed by atoms with Gasteiger partial charge in [0.25, 0.3) is 5.91 Å². The molecule has 0 aliphatic heterocycles. The van der Waals surface area contributed by atoms with Gasteiger partial charge in [-0.05, 0) is 91.7 Å². The standard InChI is InChI=1S/C30H25N3O3S/c1-3-35-24-15-13-22(14-16-24)20-31-33(30-32-27-17-12-21(2)18-28(27)37-30)29(34)23-8-7-11-26(19-23)36-25-9-5-4-6-10-25/h4-20H,3H2,1-2H3/b31-20+. The first kappa shape index (κ1) is 24.2. The maximum Gasteiger partial charge on any atom is 0.280 e. The molecule has 184 valence electrons. The predicted molar refractivity (Wildman–Crippen MR) is 149 cm³/mol. The smallest absolute Gasteiger partial charge is 0.280 e. The van der Waals surface area contributed by atoms with E-state index in [4.69, 9.17) is 14.5 Å². The van der Waals surface area contributed by atoms with Gasteiger partial charge in [-0.2, -0.15) is 10.1 Å². The molecule has 1 aromatic heterocycles. The zero-order chi connectivity index (χ0) is 25.6. The van der Waals surface area contributed by atoms with Crippen molar-refractivity contribution in [2.75, 3.05) is 11.6 Å². The Labute approximate surface area is 219 Å². The largest absolute Gasteiger partial charge is 0.494 e. The summed E-state index contributed by atoms with van der Waals surface area (Å²) in [6.45, 7) is 4.57. The van der Waals surface area contributed by atoms with Crippen molar-refractivity contribution in [3.05, 3.63) is 114 Å². The molecule has 5 aromatic rings. The number of benzene rings is 4. The van der Waals surface area contributed by atoms with Crippen molar-refractivity contribution >= 4 is 38.8 Å². The Balaban J connectivity index is 1.48. The van der Waals surface area contributed by atoms with Crippen molar-refractivity contribution < 1.29 is 14.3 Å². The number of ether oxygens (including phenoxy) is 2. The summed E-state index contributed by atoms with van der Waals surface area (Å²) >= 11 is 1.42. The third-order valence-electron chi connectivity index (χ3n) is 5.48. The summed E-state index contributed by atoms with van der Waals surface area (Å²) in [5.41, 5.74) is 3.22. The van der Waals surface area contributed by atoms with Crippen LogP contribution in [0.2, 0.25) is 0 Å². The summed E-state index contributed by atoms with van der Waals surface area (Å²) in [7, 11) is 0. The number of fused-ring (bicyclic) bond motifs is 1. The summed E-state index contributed by atoms with van der Waals surface area (Å²) in [6.07, 6.45) is 1.65. The zero-order valence-electron chi connectivity index (χ0n) is 20.5. The lowest BCUT2D eigenvalue weighted by molar-refractivity contribution is 0.0987. The van der Waals surface area contributed by atoms with Gasteiger partial charge in [-0.25, -0.2) is 4.98 Å². The fourth-order valence-electron chi connectivity index (χ4n) is 3.68. The maximum absolute atomic E-state index is 13.8.